The molecule has 0 aliphatic heterocycles. The lowest BCUT2D eigenvalue weighted by molar-refractivity contribution is 0.365. The van der Waals surface area contributed by atoms with E-state index in [4.69, 9.17) is 5.73 Å². The van der Waals surface area contributed by atoms with Gasteiger partial charge in [-0.05, 0) is 71.1 Å². The van der Waals surface area contributed by atoms with Crippen molar-refractivity contribution in [3.8, 4) is 0 Å². The van der Waals surface area contributed by atoms with Crippen LogP contribution < -0.4 is 5.73 Å². The molecule has 2 saturated carbocycles. The Morgan fingerprint density at radius 3 is 2.82 bits per heavy atom. The molecule has 2 fully saturated rings. The van der Waals surface area contributed by atoms with Crippen molar-refractivity contribution >= 4 is 33.4 Å². The molecule has 1 aromatic rings. The minimum atomic E-state index is 0.834. The smallest absolute Gasteiger partial charge is 0.0331 e. The molecule has 17 heavy (non-hydrogen) atoms. The Bertz CT molecular complexity index is 421. The number of halogens is 1. The fourth-order valence-electron chi connectivity index (χ4n) is 3.41. The van der Waals surface area contributed by atoms with Gasteiger partial charge in [-0.1, -0.05) is 6.42 Å². The first kappa shape index (κ1) is 11.9. The maximum atomic E-state index is 5.76. The minimum absolute atomic E-state index is 0.834. The summed E-state index contributed by atoms with van der Waals surface area (Å²) in [5.74, 6) is 4.33. The van der Waals surface area contributed by atoms with E-state index in [2.05, 4.69) is 22.0 Å². The van der Waals surface area contributed by atoms with Crippen LogP contribution in [0.3, 0.4) is 0 Å². The minimum Gasteiger partial charge on any atom is -0.399 e. The summed E-state index contributed by atoms with van der Waals surface area (Å²) < 4.78 is 1.14. The van der Waals surface area contributed by atoms with E-state index in [9.17, 15) is 0 Å². The average molecular weight is 312 g/mol. The van der Waals surface area contributed by atoms with Crippen molar-refractivity contribution in [1.29, 1.82) is 0 Å². The highest BCUT2D eigenvalue weighted by molar-refractivity contribution is 9.10. The van der Waals surface area contributed by atoms with Gasteiger partial charge in [-0.15, -0.1) is 11.8 Å². The van der Waals surface area contributed by atoms with Crippen LogP contribution in [0, 0.1) is 17.8 Å². The van der Waals surface area contributed by atoms with Crippen molar-refractivity contribution in [2.75, 3.05) is 11.5 Å². The Kier molecular flexibility index (Phi) is 3.40. The number of benzene rings is 1. The molecule has 0 spiro atoms. The third-order valence-corrected chi connectivity index (χ3v) is 6.47. The molecule has 2 N–H and O–H groups in total. The zero-order valence-electron chi connectivity index (χ0n) is 9.86. The molecule has 2 aliphatic carbocycles. The zero-order valence-corrected chi connectivity index (χ0v) is 12.3. The van der Waals surface area contributed by atoms with Crippen molar-refractivity contribution in [3.63, 3.8) is 0 Å². The van der Waals surface area contributed by atoms with Crippen LogP contribution in [0.15, 0.2) is 27.6 Å². The van der Waals surface area contributed by atoms with E-state index in [0.717, 1.165) is 27.9 Å². The third-order valence-electron chi connectivity index (χ3n) is 4.29. The summed E-state index contributed by atoms with van der Waals surface area (Å²) in [6.45, 7) is 0. The van der Waals surface area contributed by atoms with Crippen LogP contribution in [0.4, 0.5) is 5.69 Å². The lowest BCUT2D eigenvalue weighted by atomic mass is 9.90. The Labute approximate surface area is 116 Å². The molecule has 3 unspecified atom stereocenters. The number of fused-ring (bicyclic) bond motifs is 2. The van der Waals surface area contributed by atoms with E-state index in [0.29, 0.717) is 0 Å². The molecular formula is C14H18BrNS. The van der Waals surface area contributed by atoms with Crippen LogP contribution in [-0.2, 0) is 0 Å². The van der Waals surface area contributed by atoms with Crippen LogP contribution in [0.25, 0.3) is 0 Å². The van der Waals surface area contributed by atoms with E-state index < -0.39 is 0 Å². The molecule has 2 aliphatic rings. The van der Waals surface area contributed by atoms with Gasteiger partial charge in [0.1, 0.15) is 0 Å². The highest BCUT2D eigenvalue weighted by Gasteiger charge is 2.39. The van der Waals surface area contributed by atoms with Crippen LogP contribution in [0.2, 0.25) is 0 Å². The predicted octanol–water partition coefficient (Wildman–Crippen LogP) is 4.56. The van der Waals surface area contributed by atoms with Crippen molar-refractivity contribution in [2.24, 2.45) is 17.8 Å². The molecule has 0 aromatic heterocycles. The fraction of sp³-hybridized carbons (Fsp3) is 0.571. The molecule has 0 amide bonds. The second kappa shape index (κ2) is 4.85. The monoisotopic (exact) mass is 311 g/mol. The Morgan fingerprint density at radius 2 is 2.18 bits per heavy atom. The Morgan fingerprint density at radius 1 is 1.29 bits per heavy atom. The summed E-state index contributed by atoms with van der Waals surface area (Å²) in [6.07, 6.45) is 5.97. The van der Waals surface area contributed by atoms with Gasteiger partial charge in [0, 0.05) is 20.8 Å². The van der Waals surface area contributed by atoms with Gasteiger partial charge in [-0.2, -0.15) is 0 Å². The molecule has 92 valence electrons. The molecule has 1 nitrogen and oxygen atoms in total. The number of hydrogen-bond acceptors (Lipinski definition) is 2. The first-order valence-electron chi connectivity index (χ1n) is 6.40. The van der Waals surface area contributed by atoms with Crippen LogP contribution in [-0.4, -0.2) is 5.75 Å². The molecule has 0 radical (unpaired) electrons. The van der Waals surface area contributed by atoms with Gasteiger partial charge in [-0.25, -0.2) is 0 Å². The first-order valence-corrected chi connectivity index (χ1v) is 8.18. The summed E-state index contributed by atoms with van der Waals surface area (Å²) in [5, 5.41) is 0. The summed E-state index contributed by atoms with van der Waals surface area (Å²) in [6, 6.07) is 6.13. The van der Waals surface area contributed by atoms with Gasteiger partial charge < -0.3 is 5.73 Å². The van der Waals surface area contributed by atoms with Crippen molar-refractivity contribution in [3.05, 3.63) is 22.7 Å². The Hall–Kier alpha value is -0.150. The first-order chi connectivity index (χ1) is 8.22. The van der Waals surface area contributed by atoms with Gasteiger partial charge >= 0.3 is 0 Å². The number of nitrogen functional groups attached to an aromatic ring is 1. The predicted molar refractivity (Wildman–Crippen MR) is 78.2 cm³/mol. The number of rotatable bonds is 3. The lowest BCUT2D eigenvalue weighted by Gasteiger charge is -2.21. The average Bonchev–Trinajstić information content (AvgIpc) is 2.89. The SMILES string of the molecule is Nc1ccc(SCC2CC3CCC2C3)c(Br)c1. The van der Waals surface area contributed by atoms with Gasteiger partial charge in [0.15, 0.2) is 0 Å². The van der Waals surface area contributed by atoms with E-state index in [1.807, 2.05) is 23.9 Å². The van der Waals surface area contributed by atoms with Crippen LogP contribution in [0.1, 0.15) is 25.7 Å². The maximum absolute atomic E-state index is 5.76. The summed E-state index contributed by atoms with van der Waals surface area (Å²) in [7, 11) is 0. The zero-order chi connectivity index (χ0) is 11.8. The number of thioether (sulfide) groups is 1. The van der Waals surface area contributed by atoms with Gasteiger partial charge in [0.25, 0.3) is 0 Å². The van der Waals surface area contributed by atoms with Gasteiger partial charge in [-0.3, -0.25) is 0 Å². The van der Waals surface area contributed by atoms with Gasteiger partial charge in [0.05, 0.1) is 0 Å². The topological polar surface area (TPSA) is 26.0 Å². The van der Waals surface area contributed by atoms with E-state index in [1.54, 1.807) is 0 Å². The van der Waals surface area contributed by atoms with Gasteiger partial charge in [0.2, 0.25) is 0 Å². The van der Waals surface area contributed by atoms with Crippen LogP contribution >= 0.6 is 27.7 Å². The van der Waals surface area contributed by atoms with Crippen LogP contribution in [0.5, 0.6) is 0 Å². The molecule has 1 aromatic carbocycles. The van der Waals surface area contributed by atoms with Crippen molar-refractivity contribution in [2.45, 2.75) is 30.6 Å². The second-order valence-corrected chi connectivity index (χ2v) is 7.35. The normalized spacial score (nSPS) is 31.0. The standard InChI is InChI=1S/C14H18BrNS/c15-13-7-12(16)3-4-14(13)17-8-11-6-9-1-2-10(11)5-9/h3-4,7,9-11H,1-2,5-6,8,16H2. The number of nitrogens with two attached hydrogens (primary N) is 1. The summed E-state index contributed by atoms with van der Waals surface area (Å²) >= 11 is 5.59. The fourth-order valence-corrected chi connectivity index (χ4v) is 5.31. The summed E-state index contributed by atoms with van der Waals surface area (Å²) in [4.78, 5) is 1.34. The highest BCUT2D eigenvalue weighted by Crippen LogP contribution is 2.50. The molecule has 3 heteroatoms. The van der Waals surface area contributed by atoms with E-state index in [1.165, 1.54) is 36.3 Å². The van der Waals surface area contributed by atoms with E-state index >= 15 is 0 Å². The molecule has 0 heterocycles. The molecule has 3 atom stereocenters. The van der Waals surface area contributed by atoms with Crippen molar-refractivity contribution < 1.29 is 0 Å². The van der Waals surface area contributed by atoms with Crippen molar-refractivity contribution in [1.82, 2.24) is 0 Å². The number of anilines is 1. The largest absolute Gasteiger partial charge is 0.399 e. The molecule has 2 bridgehead atoms. The molecule has 3 rings (SSSR count). The third kappa shape index (κ3) is 2.50. The maximum Gasteiger partial charge on any atom is 0.0331 e. The lowest BCUT2D eigenvalue weighted by Crippen LogP contribution is -2.12. The molecule has 0 saturated heterocycles. The van der Waals surface area contributed by atoms with E-state index in [-0.39, 0.29) is 0 Å². The number of hydrogen-bond donors (Lipinski definition) is 1. The quantitative estimate of drug-likeness (QED) is 0.654. The second-order valence-electron chi connectivity index (χ2n) is 5.44. The highest BCUT2D eigenvalue weighted by atomic mass is 79.9. The molecular weight excluding hydrogens is 294 g/mol. The summed E-state index contributed by atoms with van der Waals surface area (Å²) in [5.41, 5.74) is 6.59. The Balaban J connectivity index is 1.60.